The Labute approximate surface area is 140 Å². The molecule has 0 radical (unpaired) electrons. The summed E-state index contributed by atoms with van der Waals surface area (Å²) in [7, 11) is 0. The van der Waals surface area contributed by atoms with Gasteiger partial charge in [-0.2, -0.15) is 0 Å². The minimum atomic E-state index is -0.707. The Balaban J connectivity index is 1.88. The summed E-state index contributed by atoms with van der Waals surface area (Å²) in [5.41, 5.74) is 4.74. The van der Waals surface area contributed by atoms with Crippen LogP contribution < -0.4 is 10.6 Å². The van der Waals surface area contributed by atoms with Crippen molar-refractivity contribution in [3.63, 3.8) is 0 Å². The molecule has 1 aromatic heterocycles. The molecule has 120 valence electrons. The molecule has 2 atom stereocenters. The summed E-state index contributed by atoms with van der Waals surface area (Å²) in [5, 5.41) is 6.59. The number of carbonyl (C=O) groups is 1. The number of fused-ring (bicyclic) bond motifs is 6. The van der Waals surface area contributed by atoms with E-state index in [1.54, 1.807) is 0 Å². The molecule has 0 bridgehead atoms. The van der Waals surface area contributed by atoms with Gasteiger partial charge in [-0.15, -0.1) is 0 Å². The first kappa shape index (κ1) is 13.8. The molecular weight excluding hydrogens is 298 g/mol. The van der Waals surface area contributed by atoms with E-state index in [2.05, 4.69) is 46.8 Å². The third-order valence-electron chi connectivity index (χ3n) is 5.55. The van der Waals surface area contributed by atoms with E-state index in [9.17, 15) is 4.79 Å². The largest absolute Gasteiger partial charge is 0.352 e. The highest BCUT2D eigenvalue weighted by Crippen LogP contribution is 2.42. The molecule has 0 fully saturated rings. The zero-order valence-electron chi connectivity index (χ0n) is 13.6. The molecule has 0 aliphatic carbocycles. The molecule has 0 saturated carbocycles. The number of benzene rings is 2. The fourth-order valence-corrected chi connectivity index (χ4v) is 4.45. The highest BCUT2D eigenvalue weighted by molar-refractivity contribution is 6.08. The van der Waals surface area contributed by atoms with Gasteiger partial charge in [0.05, 0.1) is 23.0 Å². The third kappa shape index (κ3) is 1.64. The molecule has 3 aromatic rings. The molecule has 1 spiro atoms. The zero-order chi connectivity index (χ0) is 16.3. The summed E-state index contributed by atoms with van der Waals surface area (Å²) < 4.78 is 0. The van der Waals surface area contributed by atoms with Crippen molar-refractivity contribution >= 4 is 22.5 Å². The predicted octanol–water partition coefficient (Wildman–Crippen LogP) is 2.26. The van der Waals surface area contributed by atoms with Crippen LogP contribution in [0, 0.1) is 0 Å². The molecule has 2 aliphatic heterocycles. The average Bonchev–Trinajstić information content (AvgIpc) is 3.04. The van der Waals surface area contributed by atoms with Gasteiger partial charge in [0.15, 0.2) is 0 Å². The van der Waals surface area contributed by atoms with Crippen molar-refractivity contribution in [3.05, 3.63) is 65.4 Å². The van der Waals surface area contributed by atoms with Gasteiger partial charge in [-0.25, -0.2) is 0 Å². The van der Waals surface area contributed by atoms with Crippen LogP contribution >= 0.6 is 0 Å². The summed E-state index contributed by atoms with van der Waals surface area (Å²) in [6, 6.07) is 16.8. The van der Waals surface area contributed by atoms with Gasteiger partial charge in [-0.1, -0.05) is 30.3 Å². The number of rotatable bonds is 0. The fourth-order valence-electron chi connectivity index (χ4n) is 4.45. The maximum atomic E-state index is 13.2. The van der Waals surface area contributed by atoms with Crippen molar-refractivity contribution in [2.45, 2.75) is 31.3 Å². The van der Waals surface area contributed by atoms with Crippen LogP contribution in [0.2, 0.25) is 0 Å². The van der Waals surface area contributed by atoms with E-state index >= 15 is 0 Å². The number of nitrogens with two attached hydrogens (primary N) is 1. The topological polar surface area (TPSA) is 61.5 Å². The highest BCUT2D eigenvalue weighted by Gasteiger charge is 2.56. The molecule has 4 N–H and O–H groups in total. The lowest BCUT2D eigenvalue weighted by Gasteiger charge is -2.26. The number of carbonyl (C=O) groups excluding carboxylic acids is 1. The number of hydrogen-bond acceptors (Lipinski definition) is 1. The maximum absolute atomic E-state index is 13.2. The van der Waals surface area contributed by atoms with Gasteiger partial charge < -0.3 is 15.6 Å². The molecule has 4 heteroatoms. The quantitative estimate of drug-likeness (QED) is 0.585. The Morgan fingerprint density at radius 1 is 1.12 bits per heavy atom. The molecule has 2 aromatic carbocycles. The van der Waals surface area contributed by atoms with Gasteiger partial charge in [0, 0.05) is 17.3 Å². The van der Waals surface area contributed by atoms with Crippen LogP contribution in [0.5, 0.6) is 0 Å². The van der Waals surface area contributed by atoms with Gasteiger partial charge in [0.2, 0.25) is 5.54 Å². The Hall–Kier alpha value is -2.59. The number of H-pyrrole nitrogens is 1. The summed E-state index contributed by atoms with van der Waals surface area (Å²) in [5.74, 6) is 0.0604. The van der Waals surface area contributed by atoms with Gasteiger partial charge in [-0.05, 0) is 37.1 Å². The van der Waals surface area contributed by atoms with Crippen LogP contribution in [-0.4, -0.2) is 16.9 Å². The van der Waals surface area contributed by atoms with Crippen LogP contribution in [0.25, 0.3) is 10.9 Å². The van der Waals surface area contributed by atoms with E-state index in [1.165, 1.54) is 10.9 Å². The number of anilines is 1. The zero-order valence-corrected chi connectivity index (χ0v) is 13.6. The minimum absolute atomic E-state index is 0.0604. The Kier molecular flexibility index (Phi) is 2.71. The van der Waals surface area contributed by atoms with Gasteiger partial charge in [0.1, 0.15) is 0 Å². The number of para-hydroxylation sites is 2. The Morgan fingerprint density at radius 3 is 2.83 bits per heavy atom. The second-order valence-corrected chi connectivity index (χ2v) is 7.01. The second kappa shape index (κ2) is 4.71. The Bertz CT molecular complexity index is 974. The van der Waals surface area contributed by atoms with E-state index in [-0.39, 0.29) is 5.91 Å². The van der Waals surface area contributed by atoms with Crippen molar-refractivity contribution in [2.24, 2.45) is 0 Å². The lowest BCUT2D eigenvalue weighted by Crippen LogP contribution is -3.00. The van der Waals surface area contributed by atoms with E-state index < -0.39 is 5.54 Å². The standard InChI is InChI=1S/C20H19N3O/c1-12-10-11-14-13-6-2-4-8-16(13)21-18(14)20(23-12)15-7-3-5-9-17(15)22-19(20)24/h2-9,12,21,23H,10-11H2,1H3,(H,22,24)/p+1/t12-,20-/m1/s1. The highest BCUT2D eigenvalue weighted by atomic mass is 16.2. The summed E-state index contributed by atoms with van der Waals surface area (Å²) in [6.07, 6.45) is 2.06. The summed E-state index contributed by atoms with van der Waals surface area (Å²) in [6.45, 7) is 2.21. The normalized spacial score (nSPS) is 25.4. The smallest absolute Gasteiger partial charge is 0.297 e. The molecule has 4 nitrogen and oxygen atoms in total. The molecule has 1 amide bonds. The molecule has 24 heavy (non-hydrogen) atoms. The van der Waals surface area contributed by atoms with Crippen molar-refractivity contribution in [1.82, 2.24) is 4.98 Å². The van der Waals surface area contributed by atoms with Crippen LogP contribution in [-0.2, 0) is 16.8 Å². The van der Waals surface area contributed by atoms with Gasteiger partial charge >= 0.3 is 0 Å². The second-order valence-electron chi connectivity index (χ2n) is 7.01. The number of hydrogen-bond donors (Lipinski definition) is 3. The van der Waals surface area contributed by atoms with Crippen molar-refractivity contribution in [3.8, 4) is 0 Å². The van der Waals surface area contributed by atoms with Crippen LogP contribution in [0.15, 0.2) is 48.5 Å². The number of aromatic amines is 1. The van der Waals surface area contributed by atoms with Crippen molar-refractivity contribution in [1.29, 1.82) is 0 Å². The van der Waals surface area contributed by atoms with Crippen LogP contribution in [0.4, 0.5) is 5.69 Å². The molecule has 0 unspecified atom stereocenters. The number of quaternary nitrogens is 1. The molecular formula is C20H20N3O+. The average molecular weight is 318 g/mol. The first-order chi connectivity index (χ1) is 11.7. The van der Waals surface area contributed by atoms with Crippen LogP contribution in [0.3, 0.4) is 0 Å². The van der Waals surface area contributed by atoms with E-state index in [4.69, 9.17) is 0 Å². The molecule has 5 rings (SSSR count). The lowest BCUT2D eigenvalue weighted by molar-refractivity contribution is -0.738. The number of amides is 1. The van der Waals surface area contributed by atoms with E-state index in [1.807, 2.05) is 24.3 Å². The number of nitrogens with one attached hydrogen (secondary N) is 2. The maximum Gasteiger partial charge on any atom is 0.297 e. The molecule has 3 heterocycles. The third-order valence-corrected chi connectivity index (χ3v) is 5.55. The summed E-state index contributed by atoms with van der Waals surface area (Å²) in [4.78, 5) is 16.8. The molecule has 2 aliphatic rings. The predicted molar refractivity (Wildman–Crippen MR) is 93.9 cm³/mol. The fraction of sp³-hybridized carbons (Fsp3) is 0.250. The van der Waals surface area contributed by atoms with Crippen molar-refractivity contribution < 1.29 is 10.1 Å². The first-order valence-corrected chi connectivity index (χ1v) is 8.57. The van der Waals surface area contributed by atoms with Gasteiger partial charge in [-0.3, -0.25) is 4.79 Å². The van der Waals surface area contributed by atoms with E-state index in [0.29, 0.717) is 6.04 Å². The lowest BCUT2D eigenvalue weighted by atomic mass is 9.85. The van der Waals surface area contributed by atoms with Crippen molar-refractivity contribution in [2.75, 3.05) is 5.32 Å². The summed E-state index contributed by atoms with van der Waals surface area (Å²) >= 11 is 0. The Morgan fingerprint density at radius 2 is 1.92 bits per heavy atom. The van der Waals surface area contributed by atoms with E-state index in [0.717, 1.165) is 35.3 Å². The SMILES string of the molecule is C[C@@H]1CCc2c([nH]c3ccccc23)[C@@]2([NH2+]1)C(=O)Nc1ccccc12. The van der Waals surface area contributed by atoms with Crippen LogP contribution in [0.1, 0.15) is 30.2 Å². The monoisotopic (exact) mass is 318 g/mol. The number of aryl methyl sites for hydroxylation is 1. The first-order valence-electron chi connectivity index (χ1n) is 8.57. The van der Waals surface area contributed by atoms with Gasteiger partial charge in [0.25, 0.3) is 5.91 Å². The molecule has 0 saturated heterocycles. The minimum Gasteiger partial charge on any atom is -0.352 e. The number of aromatic nitrogens is 1.